The van der Waals surface area contributed by atoms with Crippen molar-refractivity contribution < 1.29 is 19.0 Å². The molecule has 5 nitrogen and oxygen atoms in total. The molecule has 0 unspecified atom stereocenters. The molecule has 2 aromatic rings. The van der Waals surface area contributed by atoms with Crippen molar-refractivity contribution in [3.05, 3.63) is 52.6 Å². The fraction of sp³-hybridized carbons (Fsp3) is 0.519. The van der Waals surface area contributed by atoms with Crippen LogP contribution in [0.25, 0.3) is 0 Å². The largest absolute Gasteiger partial charge is 0.496 e. The van der Waals surface area contributed by atoms with Gasteiger partial charge >= 0.3 is 5.97 Å². The Morgan fingerprint density at radius 1 is 1.09 bits per heavy atom. The van der Waals surface area contributed by atoms with E-state index in [4.69, 9.17) is 14.2 Å². The minimum Gasteiger partial charge on any atom is -0.496 e. The third-order valence-electron chi connectivity index (χ3n) is 7.05. The summed E-state index contributed by atoms with van der Waals surface area (Å²) in [7, 11) is 1.68. The third-order valence-corrected chi connectivity index (χ3v) is 7.05. The van der Waals surface area contributed by atoms with Crippen LogP contribution in [0.1, 0.15) is 73.5 Å². The molecule has 1 saturated carbocycles. The minimum atomic E-state index is -0.402. The van der Waals surface area contributed by atoms with Crippen LogP contribution in [-0.4, -0.2) is 30.1 Å². The van der Waals surface area contributed by atoms with Gasteiger partial charge in [0.05, 0.1) is 13.7 Å². The molecule has 4 rings (SSSR count). The zero-order valence-corrected chi connectivity index (χ0v) is 20.0. The summed E-state index contributed by atoms with van der Waals surface area (Å²) in [5.41, 5.74) is 3.57. The van der Waals surface area contributed by atoms with Crippen molar-refractivity contribution in [2.24, 2.45) is 5.92 Å². The van der Waals surface area contributed by atoms with Gasteiger partial charge in [-0.15, -0.1) is 0 Å². The van der Waals surface area contributed by atoms with E-state index in [0.29, 0.717) is 23.7 Å². The molecule has 2 aromatic carbocycles. The van der Waals surface area contributed by atoms with Gasteiger partial charge in [-0.3, -0.25) is 4.90 Å². The second kappa shape index (κ2) is 9.14. The summed E-state index contributed by atoms with van der Waals surface area (Å²) in [5, 5.41) is 0. The molecule has 0 radical (unpaired) electrons. The van der Waals surface area contributed by atoms with Crippen molar-refractivity contribution in [2.75, 3.05) is 13.7 Å². The van der Waals surface area contributed by atoms with Crippen LogP contribution in [0.3, 0.4) is 0 Å². The first-order valence-corrected chi connectivity index (χ1v) is 11.8. The van der Waals surface area contributed by atoms with E-state index in [9.17, 15) is 4.79 Å². The zero-order valence-electron chi connectivity index (χ0n) is 20.0. The van der Waals surface area contributed by atoms with Gasteiger partial charge in [-0.2, -0.15) is 0 Å². The summed E-state index contributed by atoms with van der Waals surface area (Å²) in [4.78, 5) is 15.9. The van der Waals surface area contributed by atoms with Crippen molar-refractivity contribution >= 4 is 5.97 Å². The Bertz CT molecular complexity index is 979. The highest BCUT2D eigenvalue weighted by Gasteiger charge is 2.45. The predicted octanol–water partition coefficient (Wildman–Crippen LogP) is 5.91. The maximum absolute atomic E-state index is 13.4. The molecule has 1 aliphatic carbocycles. The Morgan fingerprint density at radius 3 is 2.34 bits per heavy atom. The van der Waals surface area contributed by atoms with Crippen molar-refractivity contribution in [3.63, 3.8) is 0 Å². The van der Waals surface area contributed by atoms with Gasteiger partial charge in [0.2, 0.25) is 0 Å². The average Bonchev–Trinajstić information content (AvgIpc) is 3.54. The molecule has 1 fully saturated rings. The van der Waals surface area contributed by atoms with Gasteiger partial charge in [-0.05, 0) is 58.1 Å². The van der Waals surface area contributed by atoms with Gasteiger partial charge < -0.3 is 14.2 Å². The van der Waals surface area contributed by atoms with Gasteiger partial charge in [0, 0.05) is 35.3 Å². The highest BCUT2D eigenvalue weighted by Crippen LogP contribution is 2.50. The summed E-state index contributed by atoms with van der Waals surface area (Å²) in [6, 6.07) is 9.19. The Labute approximate surface area is 191 Å². The van der Waals surface area contributed by atoms with Crippen LogP contribution in [0.5, 0.6) is 17.2 Å². The predicted molar refractivity (Wildman–Crippen MR) is 126 cm³/mol. The van der Waals surface area contributed by atoms with E-state index >= 15 is 0 Å². The molecule has 0 amide bonds. The lowest BCUT2D eigenvalue weighted by molar-refractivity contribution is 0.0728. The number of fused-ring (bicyclic) bond motifs is 1. The SMILES string of the molecule is CCCCOc1c2c(c(OC)c(C)c1C(=O)Oc1ccccc1)CN(C(C)(C)C1CC1)C2. The highest BCUT2D eigenvalue weighted by molar-refractivity contribution is 5.97. The van der Waals surface area contributed by atoms with E-state index < -0.39 is 5.97 Å². The molecule has 0 aromatic heterocycles. The summed E-state index contributed by atoms with van der Waals surface area (Å²) < 4.78 is 17.9. The van der Waals surface area contributed by atoms with E-state index in [-0.39, 0.29) is 5.54 Å². The maximum atomic E-state index is 13.4. The molecule has 0 saturated heterocycles. The van der Waals surface area contributed by atoms with Crippen molar-refractivity contribution in [2.45, 2.75) is 72.0 Å². The first kappa shape index (κ1) is 22.7. The molecule has 1 heterocycles. The zero-order chi connectivity index (χ0) is 22.9. The number of rotatable bonds is 9. The van der Waals surface area contributed by atoms with E-state index in [0.717, 1.165) is 54.3 Å². The Kier molecular flexibility index (Phi) is 6.47. The molecule has 0 atom stereocenters. The number of hydrogen-bond donors (Lipinski definition) is 0. The van der Waals surface area contributed by atoms with Crippen LogP contribution in [-0.2, 0) is 13.1 Å². The van der Waals surface area contributed by atoms with Crippen LogP contribution in [0.4, 0.5) is 0 Å². The summed E-state index contributed by atoms with van der Waals surface area (Å²) in [5.74, 6) is 2.28. The summed E-state index contributed by atoms with van der Waals surface area (Å²) >= 11 is 0. The quantitative estimate of drug-likeness (QED) is 0.277. The van der Waals surface area contributed by atoms with Crippen LogP contribution >= 0.6 is 0 Å². The number of carbonyl (C=O) groups is 1. The fourth-order valence-electron chi connectivity index (χ4n) is 4.81. The lowest BCUT2D eigenvalue weighted by atomic mass is 9.96. The third kappa shape index (κ3) is 4.23. The Balaban J connectivity index is 1.76. The van der Waals surface area contributed by atoms with Gasteiger partial charge in [0.15, 0.2) is 0 Å². The van der Waals surface area contributed by atoms with E-state index in [1.165, 1.54) is 12.8 Å². The number of carbonyl (C=O) groups excluding carboxylic acids is 1. The molecule has 1 aliphatic heterocycles. The molecule has 0 bridgehead atoms. The fourth-order valence-corrected chi connectivity index (χ4v) is 4.81. The molecule has 0 spiro atoms. The van der Waals surface area contributed by atoms with E-state index in [1.807, 2.05) is 25.1 Å². The van der Waals surface area contributed by atoms with Crippen LogP contribution in [0.2, 0.25) is 0 Å². The van der Waals surface area contributed by atoms with Crippen LogP contribution in [0.15, 0.2) is 30.3 Å². The lowest BCUT2D eigenvalue weighted by Gasteiger charge is -2.35. The lowest BCUT2D eigenvalue weighted by Crippen LogP contribution is -2.42. The van der Waals surface area contributed by atoms with Gasteiger partial charge in [0.1, 0.15) is 22.8 Å². The second-order valence-electron chi connectivity index (χ2n) is 9.51. The van der Waals surface area contributed by atoms with E-state index in [1.54, 1.807) is 19.2 Å². The normalized spacial score (nSPS) is 16.0. The standard InChI is InChI=1S/C27H35NO4/c1-6-7-15-31-25-22-17-28(27(3,4)19-13-14-19)16-21(22)24(30-5)18(2)23(25)26(29)32-20-11-9-8-10-12-20/h8-12,19H,6-7,13-17H2,1-5H3. The molecule has 0 N–H and O–H groups in total. The summed E-state index contributed by atoms with van der Waals surface area (Å²) in [6.07, 6.45) is 4.53. The number of esters is 1. The molecular weight excluding hydrogens is 402 g/mol. The average molecular weight is 438 g/mol. The van der Waals surface area contributed by atoms with Gasteiger partial charge in [-0.1, -0.05) is 31.5 Å². The molecular formula is C27H35NO4. The molecule has 5 heteroatoms. The number of unbranched alkanes of at least 4 members (excludes halogenated alkanes) is 1. The van der Waals surface area contributed by atoms with Crippen molar-refractivity contribution in [3.8, 4) is 17.2 Å². The number of methoxy groups -OCH3 is 1. The molecule has 2 aliphatic rings. The topological polar surface area (TPSA) is 48.0 Å². The van der Waals surface area contributed by atoms with Gasteiger partial charge in [-0.25, -0.2) is 4.79 Å². The number of para-hydroxylation sites is 1. The number of benzene rings is 2. The molecule has 172 valence electrons. The Hall–Kier alpha value is -2.53. The number of ether oxygens (including phenoxy) is 3. The maximum Gasteiger partial charge on any atom is 0.347 e. The van der Waals surface area contributed by atoms with Crippen molar-refractivity contribution in [1.29, 1.82) is 0 Å². The smallest absolute Gasteiger partial charge is 0.347 e. The van der Waals surface area contributed by atoms with Crippen LogP contribution < -0.4 is 14.2 Å². The highest BCUT2D eigenvalue weighted by atomic mass is 16.5. The number of nitrogens with zero attached hydrogens (tertiary/aromatic N) is 1. The first-order chi connectivity index (χ1) is 15.4. The molecule has 32 heavy (non-hydrogen) atoms. The van der Waals surface area contributed by atoms with Gasteiger partial charge in [0.25, 0.3) is 0 Å². The van der Waals surface area contributed by atoms with E-state index in [2.05, 4.69) is 25.7 Å². The second-order valence-corrected chi connectivity index (χ2v) is 9.51. The number of hydrogen-bond acceptors (Lipinski definition) is 5. The Morgan fingerprint density at radius 2 is 1.75 bits per heavy atom. The van der Waals surface area contributed by atoms with Crippen LogP contribution in [0, 0.1) is 12.8 Å². The first-order valence-electron chi connectivity index (χ1n) is 11.8. The summed E-state index contributed by atoms with van der Waals surface area (Å²) in [6.45, 7) is 10.9. The minimum absolute atomic E-state index is 0.101. The van der Waals surface area contributed by atoms with Crippen molar-refractivity contribution in [1.82, 2.24) is 4.90 Å². The monoisotopic (exact) mass is 437 g/mol.